The second-order valence-electron chi connectivity index (χ2n) is 6.04. The Kier molecular flexibility index (Phi) is 5.58. The van der Waals surface area contributed by atoms with E-state index in [1.807, 2.05) is 24.8 Å². The van der Waals surface area contributed by atoms with Crippen molar-refractivity contribution in [3.05, 3.63) is 53.7 Å². The van der Waals surface area contributed by atoms with Gasteiger partial charge in [-0.05, 0) is 50.2 Å². The number of methoxy groups -OCH3 is 1. The van der Waals surface area contributed by atoms with E-state index in [-0.39, 0.29) is 9.79 Å². The molecule has 5 nitrogen and oxygen atoms in total. The molecule has 0 amide bonds. The summed E-state index contributed by atoms with van der Waals surface area (Å²) in [5.41, 5.74) is 1.49. The van der Waals surface area contributed by atoms with Crippen molar-refractivity contribution in [1.29, 1.82) is 0 Å². The molecule has 3 aromatic rings. The van der Waals surface area contributed by atoms with Crippen LogP contribution in [0.15, 0.2) is 58.5 Å². The van der Waals surface area contributed by atoms with Crippen LogP contribution in [0, 0.1) is 0 Å². The first-order valence-corrected chi connectivity index (χ1v) is 10.6. The fourth-order valence-electron chi connectivity index (χ4n) is 3.14. The van der Waals surface area contributed by atoms with Crippen LogP contribution in [0.1, 0.15) is 13.8 Å². The van der Waals surface area contributed by atoms with Crippen molar-refractivity contribution in [1.82, 2.24) is 0 Å². The maximum absolute atomic E-state index is 13.4. The molecule has 0 atom stereocenters. The van der Waals surface area contributed by atoms with Crippen molar-refractivity contribution in [3.63, 3.8) is 0 Å². The lowest BCUT2D eigenvalue weighted by Crippen LogP contribution is -2.26. The van der Waals surface area contributed by atoms with Crippen LogP contribution in [-0.4, -0.2) is 28.6 Å². The summed E-state index contributed by atoms with van der Waals surface area (Å²) in [6.45, 7) is 5.35. The van der Waals surface area contributed by atoms with E-state index in [1.54, 1.807) is 49.7 Å². The van der Waals surface area contributed by atoms with Gasteiger partial charge >= 0.3 is 0 Å². The number of sulfone groups is 1. The minimum Gasteiger partial charge on any atom is -0.497 e. The van der Waals surface area contributed by atoms with E-state index < -0.39 is 9.84 Å². The van der Waals surface area contributed by atoms with Crippen LogP contribution in [0.4, 0.5) is 5.69 Å². The van der Waals surface area contributed by atoms with Gasteiger partial charge in [0.05, 0.1) is 23.1 Å². The van der Waals surface area contributed by atoms with Gasteiger partial charge in [-0.1, -0.05) is 11.6 Å². The zero-order valence-corrected chi connectivity index (χ0v) is 17.1. The molecule has 142 valence electrons. The highest BCUT2D eigenvalue weighted by atomic mass is 35.5. The lowest BCUT2D eigenvalue weighted by molar-refractivity contribution is -0.347. The molecule has 0 spiro atoms. The van der Waals surface area contributed by atoms with E-state index in [9.17, 15) is 8.42 Å². The Morgan fingerprint density at radius 2 is 1.74 bits per heavy atom. The summed E-state index contributed by atoms with van der Waals surface area (Å²) >= 11 is 6.20. The van der Waals surface area contributed by atoms with Crippen molar-refractivity contribution in [2.24, 2.45) is 0 Å². The highest BCUT2D eigenvalue weighted by molar-refractivity contribution is 7.91. The van der Waals surface area contributed by atoms with Crippen molar-refractivity contribution >= 4 is 38.0 Å². The third-order valence-corrected chi connectivity index (χ3v) is 6.59. The summed E-state index contributed by atoms with van der Waals surface area (Å²) in [5.74, 6) is 0.606. The second-order valence-corrected chi connectivity index (χ2v) is 8.40. The van der Waals surface area contributed by atoms with Gasteiger partial charge in [-0.15, -0.1) is 0 Å². The van der Waals surface area contributed by atoms with Crippen LogP contribution in [0.2, 0.25) is 5.02 Å². The topological polar surface area (TPSA) is 60.8 Å². The Balaban J connectivity index is 2.30. The van der Waals surface area contributed by atoms with Gasteiger partial charge in [0, 0.05) is 24.2 Å². The number of nitrogens with one attached hydrogen (secondary N) is 1. The van der Waals surface area contributed by atoms with Gasteiger partial charge < -0.3 is 9.64 Å². The number of hydrogen-bond acceptors (Lipinski definition) is 4. The van der Waals surface area contributed by atoms with Crippen LogP contribution in [0.3, 0.4) is 0 Å². The lowest BCUT2D eigenvalue weighted by Gasteiger charge is -2.24. The molecule has 27 heavy (non-hydrogen) atoms. The molecule has 0 saturated heterocycles. The number of halogens is 1. The molecule has 0 unspecified atom stereocenters. The van der Waals surface area contributed by atoms with Crippen LogP contribution in [0.5, 0.6) is 5.75 Å². The average molecular weight is 406 g/mol. The van der Waals surface area contributed by atoms with E-state index in [2.05, 4.69) is 4.98 Å². The maximum atomic E-state index is 13.4. The smallest absolute Gasteiger partial charge is 0.214 e. The molecule has 0 aliphatic rings. The Labute approximate surface area is 164 Å². The number of aromatic amines is 1. The van der Waals surface area contributed by atoms with Crippen molar-refractivity contribution < 1.29 is 18.1 Å². The number of fused-ring (bicyclic) bond motifs is 1. The number of benzene rings is 2. The predicted molar refractivity (Wildman–Crippen MR) is 108 cm³/mol. The summed E-state index contributed by atoms with van der Waals surface area (Å²) in [7, 11) is -2.19. The summed E-state index contributed by atoms with van der Waals surface area (Å²) in [4.78, 5) is 5.57. The van der Waals surface area contributed by atoms with Gasteiger partial charge in [0.1, 0.15) is 5.75 Å². The first kappa shape index (κ1) is 19.5. The first-order chi connectivity index (χ1) is 12.9. The Morgan fingerprint density at radius 3 is 2.33 bits per heavy atom. The van der Waals surface area contributed by atoms with Crippen molar-refractivity contribution in [2.45, 2.75) is 23.6 Å². The molecule has 7 heteroatoms. The molecule has 0 radical (unpaired) electrons. The van der Waals surface area contributed by atoms with Gasteiger partial charge in [0.25, 0.3) is 0 Å². The minimum absolute atomic E-state index is 0.214. The van der Waals surface area contributed by atoms with Crippen LogP contribution >= 0.6 is 11.6 Å². The molecule has 3 rings (SSSR count). The van der Waals surface area contributed by atoms with Gasteiger partial charge in [0.2, 0.25) is 15.4 Å². The van der Waals surface area contributed by atoms with E-state index in [4.69, 9.17) is 16.3 Å². The fourth-order valence-corrected chi connectivity index (χ4v) is 4.76. The molecule has 1 heterocycles. The number of pyridine rings is 1. The predicted octanol–water partition coefficient (Wildman–Crippen LogP) is 3.99. The average Bonchev–Trinajstić information content (AvgIpc) is 2.68. The van der Waals surface area contributed by atoms with E-state index >= 15 is 0 Å². The first-order valence-electron chi connectivity index (χ1n) is 8.70. The molecule has 2 aromatic carbocycles. The number of aromatic nitrogens is 1. The SMILES string of the molecule is CCN(CC)c1c(S(=O)(=O)c2ccc(OC)cc2)c[nH+]c2ccc(Cl)cc12. The van der Waals surface area contributed by atoms with Gasteiger partial charge in [-0.2, -0.15) is 0 Å². The van der Waals surface area contributed by atoms with Crippen molar-refractivity contribution in [3.8, 4) is 5.75 Å². The van der Waals surface area contributed by atoms with Crippen LogP contribution in [-0.2, 0) is 9.84 Å². The number of rotatable bonds is 6. The third kappa shape index (κ3) is 3.59. The minimum atomic E-state index is -3.74. The Hall–Kier alpha value is -2.31. The molecule has 0 fully saturated rings. The monoisotopic (exact) mass is 405 g/mol. The van der Waals surface area contributed by atoms with Gasteiger partial charge in [0.15, 0.2) is 11.1 Å². The van der Waals surface area contributed by atoms with Crippen LogP contribution < -0.4 is 14.6 Å². The highest BCUT2D eigenvalue weighted by Gasteiger charge is 2.28. The zero-order valence-electron chi connectivity index (χ0n) is 15.5. The molecular formula is C20H22ClN2O3S+. The molecular weight excluding hydrogens is 384 g/mol. The van der Waals surface area contributed by atoms with Gasteiger partial charge in [-0.3, -0.25) is 0 Å². The summed E-state index contributed by atoms with van der Waals surface area (Å²) < 4.78 is 31.9. The summed E-state index contributed by atoms with van der Waals surface area (Å²) in [5, 5.41) is 1.34. The third-order valence-electron chi connectivity index (χ3n) is 4.57. The van der Waals surface area contributed by atoms with E-state index in [1.165, 1.54) is 0 Å². The molecule has 0 aliphatic carbocycles. The molecule has 0 bridgehead atoms. The Bertz CT molecular complexity index is 1060. The molecule has 0 aliphatic heterocycles. The summed E-state index contributed by atoms with van der Waals surface area (Å²) in [6, 6.07) is 11.8. The standard InChI is InChI=1S/C20H21ClN2O3S/c1-4-23(5-2)20-17-12-14(21)6-11-18(17)22-13-19(20)27(24,25)16-9-7-15(26-3)8-10-16/h6-13H,4-5H2,1-3H3/p+1. The largest absolute Gasteiger partial charge is 0.497 e. The molecule has 1 N–H and O–H groups in total. The molecule has 0 saturated carbocycles. The number of H-pyrrole nitrogens is 1. The van der Waals surface area contributed by atoms with Gasteiger partial charge in [-0.25, -0.2) is 13.4 Å². The fraction of sp³-hybridized carbons (Fsp3) is 0.250. The number of nitrogens with zero attached hydrogens (tertiary/aromatic N) is 1. The van der Waals surface area contributed by atoms with Crippen LogP contribution in [0.25, 0.3) is 10.9 Å². The lowest BCUT2D eigenvalue weighted by atomic mass is 10.1. The Morgan fingerprint density at radius 1 is 1.07 bits per heavy atom. The number of anilines is 1. The number of hydrogen-bond donors (Lipinski definition) is 0. The van der Waals surface area contributed by atoms with Crippen molar-refractivity contribution in [2.75, 3.05) is 25.1 Å². The maximum Gasteiger partial charge on any atom is 0.214 e. The number of ether oxygens (including phenoxy) is 1. The second kappa shape index (κ2) is 7.74. The normalized spacial score (nSPS) is 11.6. The van der Waals surface area contributed by atoms with E-state index in [0.717, 1.165) is 10.9 Å². The zero-order chi connectivity index (χ0) is 19.6. The highest BCUT2D eigenvalue weighted by Crippen LogP contribution is 2.36. The van der Waals surface area contributed by atoms with E-state index in [0.29, 0.717) is 29.5 Å². The molecule has 1 aromatic heterocycles. The quantitative estimate of drug-likeness (QED) is 0.622. The summed E-state index contributed by atoms with van der Waals surface area (Å²) in [6.07, 6.45) is 1.56.